The topological polar surface area (TPSA) is 160 Å². The van der Waals surface area contributed by atoms with E-state index < -0.39 is 82.1 Å². The number of ether oxygens (including phenoxy) is 3. The van der Waals surface area contributed by atoms with Crippen LogP contribution in [0.25, 0.3) is 0 Å². The second kappa shape index (κ2) is 10.5. The Bertz CT molecular complexity index is 1340. The zero-order valence-corrected chi connectivity index (χ0v) is 25.9. The van der Waals surface area contributed by atoms with Crippen molar-refractivity contribution in [1.82, 2.24) is 0 Å². The van der Waals surface area contributed by atoms with E-state index in [0.29, 0.717) is 5.57 Å². The molecule has 1 aromatic carbocycles. The summed E-state index contributed by atoms with van der Waals surface area (Å²) in [6.07, 6.45) is -7.08. The molecule has 2 bridgehead atoms. The minimum Gasteiger partial charge on any atom is -0.458 e. The number of aliphatic hydroxyl groups excluding tert-OH is 2. The number of hydrogen-bond donors (Lipinski definition) is 4. The van der Waals surface area contributed by atoms with E-state index in [2.05, 4.69) is 0 Å². The maximum absolute atomic E-state index is 14.4. The molecule has 3 aliphatic carbocycles. The van der Waals surface area contributed by atoms with Gasteiger partial charge in [-0.2, -0.15) is 0 Å². The Morgan fingerprint density at radius 3 is 2.21 bits per heavy atom. The maximum atomic E-state index is 14.4. The molecule has 1 saturated heterocycles. The molecule has 1 aliphatic heterocycles. The highest BCUT2D eigenvalue weighted by molar-refractivity contribution is 5.94. The van der Waals surface area contributed by atoms with Crippen LogP contribution in [0.3, 0.4) is 0 Å². The molecule has 43 heavy (non-hydrogen) atoms. The van der Waals surface area contributed by atoms with Crippen molar-refractivity contribution in [2.24, 2.45) is 28.6 Å². The maximum Gasteiger partial charge on any atom is 0.338 e. The van der Waals surface area contributed by atoms with E-state index in [-0.39, 0.29) is 36.5 Å². The van der Waals surface area contributed by atoms with Crippen molar-refractivity contribution in [3.8, 4) is 0 Å². The van der Waals surface area contributed by atoms with E-state index in [1.54, 1.807) is 58.0 Å². The second-order valence-corrected chi connectivity index (χ2v) is 14.1. The molecule has 4 aliphatic rings. The van der Waals surface area contributed by atoms with Gasteiger partial charge in [0.2, 0.25) is 0 Å². The number of hydrogen-bond acceptors (Lipinski definition) is 10. The van der Waals surface area contributed by atoms with Crippen molar-refractivity contribution < 1.29 is 49.0 Å². The van der Waals surface area contributed by atoms with Gasteiger partial charge in [0.15, 0.2) is 5.78 Å². The lowest BCUT2D eigenvalue weighted by Gasteiger charge is -2.66. The van der Waals surface area contributed by atoms with Crippen molar-refractivity contribution in [2.45, 2.75) is 103 Å². The molecular weight excluding hydrogens is 556 g/mol. The van der Waals surface area contributed by atoms with Crippen LogP contribution >= 0.6 is 0 Å². The molecular formula is C33H44O10. The number of Topliss-reactive ketones (excluding diaryl/α,β-unsaturated/α-hetero) is 1. The Morgan fingerprint density at radius 1 is 1.02 bits per heavy atom. The number of carbonyl (C=O) groups is 3. The summed E-state index contributed by atoms with van der Waals surface area (Å²) >= 11 is 0. The van der Waals surface area contributed by atoms with Gasteiger partial charge < -0.3 is 34.6 Å². The lowest BCUT2D eigenvalue weighted by molar-refractivity contribution is -0.343. The van der Waals surface area contributed by atoms with Crippen LogP contribution in [0.5, 0.6) is 0 Å². The molecule has 0 aromatic heterocycles. The van der Waals surface area contributed by atoms with Gasteiger partial charge >= 0.3 is 11.9 Å². The largest absolute Gasteiger partial charge is 0.458 e. The van der Waals surface area contributed by atoms with Gasteiger partial charge in [-0.3, -0.25) is 9.59 Å². The Kier molecular flexibility index (Phi) is 7.75. The first kappa shape index (κ1) is 31.8. The van der Waals surface area contributed by atoms with Crippen LogP contribution in [-0.4, -0.2) is 86.5 Å². The fourth-order valence-electron chi connectivity index (χ4n) is 7.90. The fourth-order valence-corrected chi connectivity index (χ4v) is 7.90. The molecule has 10 atom stereocenters. The molecule has 0 radical (unpaired) electrons. The highest BCUT2D eigenvalue weighted by Gasteiger charge is 2.76. The van der Waals surface area contributed by atoms with Crippen LogP contribution in [0, 0.1) is 28.6 Å². The van der Waals surface area contributed by atoms with Gasteiger partial charge in [0.1, 0.15) is 29.5 Å². The van der Waals surface area contributed by atoms with Crippen molar-refractivity contribution >= 4 is 17.7 Å². The summed E-state index contributed by atoms with van der Waals surface area (Å²) in [5.74, 6) is -3.99. The standard InChI is InChI=1S/C33H44O10/c1-16(2)17(3)28(37)42-20-14-33(40)27(43-29(38)19-11-9-8-10-12-19)25-31(7,21(34)13-22-32(25,39)15-41-22)26(36)24(35)23(18(20)4)30(33,5)6/h8-12,16-17,20-22,24-25,27,34-35,39-40H,13-15H2,1-7H3/t17-,20?,21?,22?,24?,25?,27?,31-,32?,33?/m1/s1. The summed E-state index contributed by atoms with van der Waals surface area (Å²) in [5, 5.41) is 48.3. The third kappa shape index (κ3) is 4.43. The molecule has 1 heterocycles. The number of esters is 2. The summed E-state index contributed by atoms with van der Waals surface area (Å²) in [5.41, 5.74) is -6.40. The Hall–Kier alpha value is -2.63. The number of ketones is 1. The summed E-state index contributed by atoms with van der Waals surface area (Å²) < 4.78 is 17.8. The summed E-state index contributed by atoms with van der Waals surface area (Å²) in [6.45, 7) is 11.6. The first-order chi connectivity index (χ1) is 19.9. The minimum absolute atomic E-state index is 0.0324. The first-order valence-electron chi connectivity index (χ1n) is 15.1. The summed E-state index contributed by atoms with van der Waals surface area (Å²) in [7, 11) is 0. The fraction of sp³-hybridized carbons (Fsp3) is 0.667. The normalized spacial score (nSPS) is 40.8. The highest BCUT2D eigenvalue weighted by Crippen LogP contribution is 2.63. The van der Waals surface area contributed by atoms with Gasteiger partial charge in [-0.15, -0.1) is 0 Å². The van der Waals surface area contributed by atoms with Crippen LogP contribution < -0.4 is 0 Å². The van der Waals surface area contributed by atoms with Crippen LogP contribution in [0.1, 0.15) is 71.7 Å². The van der Waals surface area contributed by atoms with Gasteiger partial charge in [0.05, 0.1) is 35.7 Å². The van der Waals surface area contributed by atoms with Gasteiger partial charge in [0, 0.05) is 24.2 Å². The molecule has 0 spiro atoms. The van der Waals surface area contributed by atoms with E-state index >= 15 is 0 Å². The molecule has 10 nitrogen and oxygen atoms in total. The lowest BCUT2D eigenvalue weighted by atomic mass is 9.44. The summed E-state index contributed by atoms with van der Waals surface area (Å²) in [4.78, 5) is 41.3. The van der Waals surface area contributed by atoms with Gasteiger partial charge in [-0.1, -0.05) is 52.8 Å². The predicted octanol–water partition coefficient (Wildman–Crippen LogP) is 2.35. The number of benzene rings is 1. The van der Waals surface area contributed by atoms with E-state index in [1.807, 2.05) is 13.8 Å². The quantitative estimate of drug-likeness (QED) is 0.292. The number of rotatable bonds is 5. The smallest absolute Gasteiger partial charge is 0.338 e. The van der Waals surface area contributed by atoms with Crippen LogP contribution in [-0.2, 0) is 23.8 Å². The molecule has 2 saturated carbocycles. The van der Waals surface area contributed by atoms with Crippen molar-refractivity contribution in [2.75, 3.05) is 6.61 Å². The van der Waals surface area contributed by atoms with Crippen LogP contribution in [0.15, 0.2) is 41.5 Å². The van der Waals surface area contributed by atoms with E-state index in [4.69, 9.17) is 14.2 Å². The molecule has 10 heteroatoms. The Morgan fingerprint density at radius 2 is 1.65 bits per heavy atom. The number of fused-ring (bicyclic) bond motifs is 5. The SMILES string of the molecule is CC1=C2C(O)C(=O)[C@]3(C)C(O)CC4OCC4(O)C3C(OC(=O)c3ccccc3)C(O)(CC1OC(=O)[C@H](C)C(C)C)C2(C)C. The highest BCUT2D eigenvalue weighted by atomic mass is 16.6. The summed E-state index contributed by atoms with van der Waals surface area (Å²) in [6, 6.07) is 8.13. The molecule has 236 valence electrons. The Labute approximate surface area is 252 Å². The van der Waals surface area contributed by atoms with E-state index in [0.717, 1.165) is 0 Å². The van der Waals surface area contributed by atoms with Gasteiger partial charge in [0.25, 0.3) is 0 Å². The monoisotopic (exact) mass is 600 g/mol. The van der Waals surface area contributed by atoms with Crippen molar-refractivity contribution in [1.29, 1.82) is 0 Å². The second-order valence-electron chi connectivity index (χ2n) is 14.1. The zero-order valence-electron chi connectivity index (χ0n) is 25.9. The molecule has 8 unspecified atom stereocenters. The lowest BCUT2D eigenvalue weighted by Crippen LogP contribution is -2.81. The van der Waals surface area contributed by atoms with Crippen LogP contribution in [0.4, 0.5) is 0 Å². The molecule has 1 aromatic rings. The third-order valence-electron chi connectivity index (χ3n) is 11.2. The molecule has 5 rings (SSSR count). The molecule has 3 fully saturated rings. The minimum atomic E-state index is -2.08. The zero-order chi connectivity index (χ0) is 31.9. The number of carbonyl (C=O) groups excluding carboxylic acids is 3. The van der Waals surface area contributed by atoms with E-state index in [1.165, 1.54) is 6.92 Å². The first-order valence-corrected chi connectivity index (χ1v) is 15.1. The average Bonchev–Trinajstić information content (AvgIpc) is 2.95. The van der Waals surface area contributed by atoms with Crippen molar-refractivity contribution in [3.63, 3.8) is 0 Å². The van der Waals surface area contributed by atoms with Crippen molar-refractivity contribution in [3.05, 3.63) is 47.0 Å². The molecule has 4 N–H and O–H groups in total. The van der Waals surface area contributed by atoms with Crippen LogP contribution in [0.2, 0.25) is 0 Å². The average molecular weight is 601 g/mol. The third-order valence-corrected chi connectivity index (χ3v) is 11.2. The molecule has 0 amide bonds. The van der Waals surface area contributed by atoms with Gasteiger partial charge in [-0.25, -0.2) is 4.79 Å². The van der Waals surface area contributed by atoms with E-state index in [9.17, 15) is 34.8 Å². The van der Waals surface area contributed by atoms with Gasteiger partial charge in [-0.05, 0) is 43.0 Å². The number of aliphatic hydroxyl groups is 4. The predicted molar refractivity (Wildman–Crippen MR) is 153 cm³/mol. The Balaban J connectivity index is 1.74.